The molecule has 1 saturated carbocycles. The van der Waals surface area contributed by atoms with E-state index in [1.54, 1.807) is 35.2 Å². The van der Waals surface area contributed by atoms with Crippen LogP contribution in [0, 0.1) is 0 Å². The van der Waals surface area contributed by atoms with Crippen LogP contribution in [0.3, 0.4) is 0 Å². The van der Waals surface area contributed by atoms with Crippen molar-refractivity contribution in [2.24, 2.45) is 0 Å². The molecule has 0 radical (unpaired) electrons. The smallest absolute Gasteiger partial charge is 0.296 e. The van der Waals surface area contributed by atoms with Gasteiger partial charge in [-0.25, -0.2) is 0 Å². The molecule has 6 nitrogen and oxygen atoms in total. The third-order valence-corrected chi connectivity index (χ3v) is 5.83. The summed E-state index contributed by atoms with van der Waals surface area (Å²) in [5.74, 6) is -0.708. The third kappa shape index (κ3) is 3.42. The molecular formula is C22H22ClNO5. The third-order valence-electron chi connectivity index (χ3n) is 5.52. The Hall–Kier alpha value is -2.73. The summed E-state index contributed by atoms with van der Waals surface area (Å²) in [5.41, 5.74) is 0.389. The Kier molecular flexibility index (Phi) is 5.37. The van der Waals surface area contributed by atoms with Crippen LogP contribution < -0.4 is 4.74 Å². The fraction of sp³-hybridized carbons (Fsp3) is 0.364. The van der Waals surface area contributed by atoms with Gasteiger partial charge in [0.1, 0.15) is 23.3 Å². The van der Waals surface area contributed by atoms with E-state index in [0.717, 1.165) is 25.7 Å². The molecule has 1 N–H and O–H groups in total. The molecule has 2 heterocycles. The highest BCUT2D eigenvalue weighted by molar-refractivity contribution is 6.46. The molecule has 0 spiro atoms. The van der Waals surface area contributed by atoms with Crippen molar-refractivity contribution in [1.82, 2.24) is 4.90 Å². The Morgan fingerprint density at radius 2 is 2.03 bits per heavy atom. The lowest BCUT2D eigenvalue weighted by molar-refractivity contribution is -0.141. The van der Waals surface area contributed by atoms with Gasteiger partial charge in [-0.15, -0.1) is 0 Å². The minimum atomic E-state index is -0.751. The molecule has 0 bridgehead atoms. The molecule has 2 aromatic rings. The van der Waals surface area contributed by atoms with Gasteiger partial charge >= 0.3 is 0 Å². The molecule has 1 aromatic carbocycles. The molecule has 7 heteroatoms. The van der Waals surface area contributed by atoms with Gasteiger partial charge in [-0.3, -0.25) is 9.59 Å². The average molecular weight is 416 g/mol. The number of hydrogen-bond acceptors (Lipinski definition) is 5. The van der Waals surface area contributed by atoms with Crippen molar-refractivity contribution in [3.8, 4) is 5.75 Å². The van der Waals surface area contributed by atoms with Gasteiger partial charge < -0.3 is 19.2 Å². The zero-order valence-corrected chi connectivity index (χ0v) is 16.8. The van der Waals surface area contributed by atoms with E-state index in [-0.39, 0.29) is 17.4 Å². The standard InChI is InChI=1S/C22H22ClNO5/c1-2-28-17-12-13(9-10-15(17)23)20(25)18-19(16-8-5-11-29-16)24(22(27)21(18)26)14-6-3-4-7-14/h5,8-12,14,19,25H,2-4,6-7H2,1H3/b20-18-. The second kappa shape index (κ2) is 7.95. The lowest BCUT2D eigenvalue weighted by atomic mass is 9.98. The number of rotatable bonds is 5. The number of carbonyl (C=O) groups excluding carboxylic acids is 2. The zero-order valence-electron chi connectivity index (χ0n) is 16.1. The number of halogens is 1. The fourth-order valence-electron chi connectivity index (χ4n) is 4.21. The van der Waals surface area contributed by atoms with Gasteiger partial charge in [0.2, 0.25) is 0 Å². The number of aliphatic hydroxyl groups is 1. The van der Waals surface area contributed by atoms with Crippen LogP contribution >= 0.6 is 11.6 Å². The molecule has 1 aromatic heterocycles. The maximum absolute atomic E-state index is 13.0. The van der Waals surface area contributed by atoms with Crippen molar-refractivity contribution >= 4 is 29.1 Å². The molecule has 4 rings (SSSR count). The number of amides is 1. The molecule has 1 atom stereocenters. The van der Waals surface area contributed by atoms with Gasteiger partial charge in [-0.1, -0.05) is 24.4 Å². The second-order valence-corrected chi connectivity index (χ2v) is 7.65. The van der Waals surface area contributed by atoms with Crippen LogP contribution in [0.4, 0.5) is 0 Å². The van der Waals surface area contributed by atoms with E-state index in [2.05, 4.69) is 0 Å². The average Bonchev–Trinajstić information content (AvgIpc) is 3.45. The first-order chi connectivity index (χ1) is 14.0. The van der Waals surface area contributed by atoms with Crippen LogP contribution in [0.1, 0.15) is 50.0 Å². The second-order valence-electron chi connectivity index (χ2n) is 7.24. The maximum Gasteiger partial charge on any atom is 0.296 e. The molecule has 152 valence electrons. The van der Waals surface area contributed by atoms with Gasteiger partial charge in [0.25, 0.3) is 11.7 Å². The number of likely N-dealkylation sites (tertiary alicyclic amines) is 1. The number of furan rings is 1. The quantitative estimate of drug-likeness (QED) is 0.435. The van der Waals surface area contributed by atoms with E-state index in [1.165, 1.54) is 6.26 Å². The van der Waals surface area contributed by atoms with Crippen LogP contribution in [-0.2, 0) is 9.59 Å². The highest BCUT2D eigenvalue weighted by atomic mass is 35.5. The van der Waals surface area contributed by atoms with Crippen LogP contribution in [0.25, 0.3) is 5.76 Å². The van der Waals surface area contributed by atoms with Crippen LogP contribution in [0.2, 0.25) is 5.02 Å². The maximum atomic E-state index is 13.0. The number of aliphatic hydroxyl groups excluding tert-OH is 1. The van der Waals surface area contributed by atoms with E-state index >= 15 is 0 Å². The fourth-order valence-corrected chi connectivity index (χ4v) is 4.38. The highest BCUT2D eigenvalue weighted by Crippen LogP contribution is 2.44. The lowest BCUT2D eigenvalue weighted by Gasteiger charge is -2.29. The number of ether oxygens (including phenoxy) is 1. The molecular weight excluding hydrogens is 394 g/mol. The summed E-state index contributed by atoms with van der Waals surface area (Å²) in [7, 11) is 0. The predicted octanol–water partition coefficient (Wildman–Crippen LogP) is 4.70. The number of ketones is 1. The van der Waals surface area contributed by atoms with E-state index in [1.807, 2.05) is 6.92 Å². The Labute approximate surface area is 173 Å². The number of hydrogen-bond donors (Lipinski definition) is 1. The first-order valence-electron chi connectivity index (χ1n) is 9.79. The predicted molar refractivity (Wildman–Crippen MR) is 108 cm³/mol. The number of carbonyl (C=O) groups is 2. The highest BCUT2D eigenvalue weighted by Gasteiger charge is 2.50. The first-order valence-corrected chi connectivity index (χ1v) is 10.2. The summed E-state index contributed by atoms with van der Waals surface area (Å²) in [5, 5.41) is 11.5. The SMILES string of the molecule is CCOc1cc(/C(O)=C2/C(=O)C(=O)N(C3CCCC3)C2c2ccco2)ccc1Cl. The van der Waals surface area contributed by atoms with Crippen molar-refractivity contribution in [2.45, 2.75) is 44.7 Å². The molecule has 1 amide bonds. The Morgan fingerprint density at radius 1 is 1.28 bits per heavy atom. The van der Waals surface area contributed by atoms with Crippen molar-refractivity contribution in [3.05, 3.63) is 58.5 Å². The molecule has 2 aliphatic rings. The van der Waals surface area contributed by atoms with Crippen LogP contribution in [0.15, 0.2) is 46.6 Å². The number of benzene rings is 1. The normalized spacial score (nSPS) is 21.9. The van der Waals surface area contributed by atoms with Crippen molar-refractivity contribution < 1.29 is 23.8 Å². The van der Waals surface area contributed by atoms with Gasteiger partial charge in [0.05, 0.1) is 23.5 Å². The molecule has 1 unspecified atom stereocenters. The van der Waals surface area contributed by atoms with Gasteiger partial charge in [0.15, 0.2) is 0 Å². The Bertz CT molecular complexity index is 960. The number of Topliss-reactive ketones (excluding diaryl/α,β-unsaturated/α-hetero) is 1. The van der Waals surface area contributed by atoms with Crippen molar-refractivity contribution in [2.75, 3.05) is 6.61 Å². The van der Waals surface area contributed by atoms with E-state index in [4.69, 9.17) is 20.8 Å². The zero-order chi connectivity index (χ0) is 20.5. The summed E-state index contributed by atoms with van der Waals surface area (Å²) in [4.78, 5) is 27.5. The van der Waals surface area contributed by atoms with E-state index in [9.17, 15) is 14.7 Å². The molecule has 2 fully saturated rings. The summed E-state index contributed by atoms with van der Waals surface area (Å²) in [6.07, 6.45) is 5.18. The van der Waals surface area contributed by atoms with Crippen LogP contribution in [0.5, 0.6) is 5.75 Å². The van der Waals surface area contributed by atoms with E-state index < -0.39 is 17.7 Å². The lowest BCUT2D eigenvalue weighted by Crippen LogP contribution is -2.37. The van der Waals surface area contributed by atoms with E-state index in [0.29, 0.717) is 28.7 Å². The summed E-state index contributed by atoms with van der Waals surface area (Å²) in [6.45, 7) is 2.23. The summed E-state index contributed by atoms with van der Waals surface area (Å²) < 4.78 is 11.1. The van der Waals surface area contributed by atoms with Crippen molar-refractivity contribution in [1.29, 1.82) is 0 Å². The summed E-state index contributed by atoms with van der Waals surface area (Å²) >= 11 is 6.14. The van der Waals surface area contributed by atoms with Crippen LogP contribution in [-0.4, -0.2) is 34.3 Å². The molecule has 1 aliphatic heterocycles. The minimum absolute atomic E-state index is 0.0293. The largest absolute Gasteiger partial charge is 0.507 e. The van der Waals surface area contributed by atoms with Gasteiger partial charge in [-0.05, 0) is 50.1 Å². The molecule has 1 saturated heterocycles. The monoisotopic (exact) mass is 415 g/mol. The topological polar surface area (TPSA) is 80.0 Å². The first kappa shape index (κ1) is 19.6. The number of nitrogens with zero attached hydrogens (tertiary/aromatic N) is 1. The minimum Gasteiger partial charge on any atom is -0.507 e. The summed E-state index contributed by atoms with van der Waals surface area (Å²) in [6, 6.07) is 7.40. The molecule has 1 aliphatic carbocycles. The Morgan fingerprint density at radius 3 is 2.69 bits per heavy atom. The van der Waals surface area contributed by atoms with Gasteiger partial charge in [0, 0.05) is 11.6 Å². The molecule has 29 heavy (non-hydrogen) atoms. The van der Waals surface area contributed by atoms with Crippen molar-refractivity contribution in [3.63, 3.8) is 0 Å². The Balaban J connectivity index is 1.84. The van der Waals surface area contributed by atoms with Gasteiger partial charge in [-0.2, -0.15) is 0 Å².